The molecule has 0 heterocycles. The van der Waals surface area contributed by atoms with E-state index in [4.69, 9.17) is 9.47 Å². The number of ether oxygens (including phenoxy) is 2. The Balaban J connectivity index is 2.04. The van der Waals surface area contributed by atoms with E-state index in [-0.39, 0.29) is 16.4 Å². The highest BCUT2D eigenvalue weighted by Crippen LogP contribution is 2.28. The third-order valence-corrected chi connectivity index (χ3v) is 5.88. The molecule has 0 aromatic heterocycles. The van der Waals surface area contributed by atoms with Crippen molar-refractivity contribution in [3.63, 3.8) is 0 Å². The zero-order valence-corrected chi connectivity index (χ0v) is 17.4. The van der Waals surface area contributed by atoms with Gasteiger partial charge in [-0.25, -0.2) is 13.8 Å². The van der Waals surface area contributed by atoms with Gasteiger partial charge in [0.05, 0.1) is 31.9 Å². The number of likely N-dealkylation sites (N-methyl/N-ethyl adjacent to an activating group) is 1. The minimum atomic E-state index is -3.87. The van der Waals surface area contributed by atoms with E-state index >= 15 is 0 Å². The molecule has 2 aromatic carbocycles. The van der Waals surface area contributed by atoms with E-state index in [9.17, 15) is 18.3 Å². The van der Waals surface area contributed by atoms with E-state index in [2.05, 4.69) is 10.5 Å². The van der Waals surface area contributed by atoms with Crippen molar-refractivity contribution in [3.8, 4) is 17.2 Å². The smallest absolute Gasteiger partial charge is 0.255 e. The lowest BCUT2D eigenvalue weighted by molar-refractivity contribution is -0.121. The van der Waals surface area contributed by atoms with Crippen molar-refractivity contribution in [2.45, 2.75) is 11.8 Å². The third-order valence-electron chi connectivity index (χ3n) is 4.08. The topological polar surface area (TPSA) is 118 Å². The molecule has 29 heavy (non-hydrogen) atoms. The number of hydrazone groups is 1. The number of hydrogen-bond donors (Lipinski definition) is 2. The maximum atomic E-state index is 12.6. The first-order chi connectivity index (χ1) is 13.7. The summed E-state index contributed by atoms with van der Waals surface area (Å²) in [7, 11) is 0.346. The number of phenols is 1. The van der Waals surface area contributed by atoms with Crippen LogP contribution in [-0.2, 0) is 14.8 Å². The van der Waals surface area contributed by atoms with Crippen molar-refractivity contribution in [2.24, 2.45) is 5.10 Å². The molecule has 0 atom stereocenters. The Labute approximate surface area is 169 Å². The van der Waals surface area contributed by atoms with Gasteiger partial charge in [-0.05, 0) is 42.8 Å². The molecule has 0 bridgehead atoms. The van der Waals surface area contributed by atoms with Gasteiger partial charge >= 0.3 is 0 Å². The highest BCUT2D eigenvalue weighted by atomic mass is 32.2. The molecule has 0 radical (unpaired) electrons. The molecule has 1 amide bonds. The second-order valence-electron chi connectivity index (χ2n) is 6.08. The average Bonchev–Trinajstić information content (AvgIpc) is 2.69. The maximum Gasteiger partial charge on any atom is 0.255 e. The molecular weight excluding hydrogens is 398 g/mol. The van der Waals surface area contributed by atoms with Gasteiger partial charge in [-0.3, -0.25) is 4.79 Å². The number of methoxy groups -OCH3 is 2. The molecule has 0 unspecified atom stereocenters. The van der Waals surface area contributed by atoms with Gasteiger partial charge in [0.1, 0.15) is 5.75 Å². The molecule has 2 aromatic rings. The van der Waals surface area contributed by atoms with Crippen molar-refractivity contribution < 1.29 is 27.8 Å². The van der Waals surface area contributed by atoms with Gasteiger partial charge in [0.15, 0.2) is 11.5 Å². The van der Waals surface area contributed by atoms with Gasteiger partial charge in [0, 0.05) is 12.6 Å². The summed E-state index contributed by atoms with van der Waals surface area (Å²) in [6, 6.07) is 9.26. The van der Waals surface area contributed by atoms with Crippen LogP contribution in [0, 0.1) is 6.92 Å². The minimum absolute atomic E-state index is 0.0518. The van der Waals surface area contributed by atoms with Crippen molar-refractivity contribution in [2.75, 3.05) is 27.8 Å². The molecule has 0 spiro atoms. The Hall–Kier alpha value is -3.11. The van der Waals surface area contributed by atoms with Crippen LogP contribution < -0.4 is 14.9 Å². The largest absolute Gasteiger partial charge is 0.504 e. The zero-order valence-electron chi connectivity index (χ0n) is 16.5. The van der Waals surface area contributed by atoms with E-state index in [0.29, 0.717) is 16.9 Å². The Morgan fingerprint density at radius 3 is 2.52 bits per heavy atom. The first kappa shape index (κ1) is 22.2. The van der Waals surface area contributed by atoms with E-state index in [1.807, 2.05) is 0 Å². The van der Waals surface area contributed by atoms with Crippen LogP contribution in [-0.4, -0.2) is 57.8 Å². The molecule has 2 rings (SSSR count). The number of para-hydroxylation sites is 1. The summed E-state index contributed by atoms with van der Waals surface area (Å²) in [6.07, 6.45) is 1.23. The number of phenolic OH excluding ortho intramolecular Hbond substituents is 1. The van der Waals surface area contributed by atoms with Gasteiger partial charge in [-0.2, -0.15) is 9.41 Å². The predicted molar refractivity (Wildman–Crippen MR) is 108 cm³/mol. The molecular formula is C19H23N3O6S. The Morgan fingerprint density at radius 2 is 1.90 bits per heavy atom. The Morgan fingerprint density at radius 1 is 1.21 bits per heavy atom. The van der Waals surface area contributed by atoms with Crippen LogP contribution in [0.5, 0.6) is 17.2 Å². The van der Waals surface area contributed by atoms with Crippen molar-refractivity contribution in [1.82, 2.24) is 9.73 Å². The SMILES string of the molecule is COc1ccc(S(=O)(=O)N(C)CC(=O)N/N=C/c2cccc(OC)c2O)cc1C. The molecule has 156 valence electrons. The Kier molecular flexibility index (Phi) is 7.18. The minimum Gasteiger partial charge on any atom is -0.504 e. The summed E-state index contributed by atoms with van der Waals surface area (Å²) in [6.45, 7) is 1.29. The lowest BCUT2D eigenvalue weighted by Gasteiger charge is -2.17. The van der Waals surface area contributed by atoms with Crippen molar-refractivity contribution >= 4 is 22.1 Å². The summed E-state index contributed by atoms with van der Waals surface area (Å²) in [4.78, 5) is 12.1. The number of sulfonamides is 1. The predicted octanol–water partition coefficient (Wildman–Crippen LogP) is 1.49. The van der Waals surface area contributed by atoms with Gasteiger partial charge in [-0.15, -0.1) is 0 Å². The number of nitrogens with zero attached hydrogens (tertiary/aromatic N) is 2. The first-order valence-electron chi connectivity index (χ1n) is 8.49. The fourth-order valence-corrected chi connectivity index (χ4v) is 3.71. The van der Waals surface area contributed by atoms with Crippen LogP contribution in [0.3, 0.4) is 0 Å². The molecule has 9 nitrogen and oxygen atoms in total. The van der Waals surface area contributed by atoms with Gasteiger partial charge in [0.25, 0.3) is 5.91 Å². The number of hydrogen-bond acceptors (Lipinski definition) is 7. The zero-order chi connectivity index (χ0) is 21.6. The second kappa shape index (κ2) is 9.39. The maximum absolute atomic E-state index is 12.6. The van der Waals surface area contributed by atoms with E-state index in [1.54, 1.807) is 31.2 Å². The number of aryl methyl sites for hydroxylation is 1. The van der Waals surface area contributed by atoms with Crippen LogP contribution in [0.25, 0.3) is 0 Å². The van der Waals surface area contributed by atoms with Gasteiger partial charge < -0.3 is 14.6 Å². The summed E-state index contributed by atoms with van der Waals surface area (Å²) in [5.41, 5.74) is 3.23. The third kappa shape index (κ3) is 5.24. The quantitative estimate of drug-likeness (QED) is 0.493. The molecule has 0 fully saturated rings. The molecule has 0 aliphatic rings. The number of amides is 1. The van der Waals surface area contributed by atoms with Gasteiger partial charge in [-0.1, -0.05) is 6.07 Å². The van der Waals surface area contributed by atoms with Crippen molar-refractivity contribution in [3.05, 3.63) is 47.5 Å². The molecule has 2 N–H and O–H groups in total. The Bertz CT molecular complexity index is 1020. The number of aromatic hydroxyl groups is 1. The van der Waals surface area contributed by atoms with Crippen LogP contribution in [0.15, 0.2) is 46.4 Å². The van der Waals surface area contributed by atoms with Crippen LogP contribution in [0.2, 0.25) is 0 Å². The van der Waals surface area contributed by atoms with Crippen molar-refractivity contribution in [1.29, 1.82) is 0 Å². The number of carbonyl (C=O) groups excluding carboxylic acids is 1. The molecule has 0 saturated carbocycles. The second-order valence-corrected chi connectivity index (χ2v) is 8.13. The standard InChI is InChI=1S/C19H23N3O6S/c1-13-10-15(8-9-16(13)27-3)29(25,26)22(2)12-18(23)21-20-11-14-6-5-7-17(28-4)19(14)24/h5-11,24H,12H2,1-4H3,(H,21,23)/b20-11+. The molecule has 0 saturated heterocycles. The van der Waals surface area contributed by atoms with E-state index in [1.165, 1.54) is 39.6 Å². The van der Waals surface area contributed by atoms with Gasteiger partial charge in [0.2, 0.25) is 10.0 Å². The van der Waals surface area contributed by atoms with E-state index < -0.39 is 22.5 Å². The van der Waals surface area contributed by atoms with Crippen LogP contribution >= 0.6 is 0 Å². The number of carbonyl (C=O) groups is 1. The first-order valence-corrected chi connectivity index (χ1v) is 9.93. The molecule has 0 aliphatic carbocycles. The lowest BCUT2D eigenvalue weighted by atomic mass is 10.2. The van der Waals surface area contributed by atoms with Crippen LogP contribution in [0.1, 0.15) is 11.1 Å². The summed E-state index contributed by atoms with van der Waals surface area (Å²) in [5.74, 6) is 0.0721. The van der Waals surface area contributed by atoms with E-state index in [0.717, 1.165) is 4.31 Å². The normalized spacial score (nSPS) is 11.6. The molecule has 10 heteroatoms. The number of rotatable bonds is 8. The summed E-state index contributed by atoms with van der Waals surface area (Å²) >= 11 is 0. The summed E-state index contributed by atoms with van der Waals surface area (Å²) < 4.78 is 36.3. The fraction of sp³-hybridized carbons (Fsp3) is 0.263. The highest BCUT2D eigenvalue weighted by molar-refractivity contribution is 7.89. The summed E-state index contributed by atoms with van der Waals surface area (Å²) in [5, 5.41) is 13.7. The fourth-order valence-electron chi connectivity index (χ4n) is 2.50. The van der Waals surface area contributed by atoms with Crippen LogP contribution in [0.4, 0.5) is 0 Å². The average molecular weight is 421 g/mol. The number of benzene rings is 2. The highest BCUT2D eigenvalue weighted by Gasteiger charge is 2.23. The monoisotopic (exact) mass is 421 g/mol. The molecule has 0 aliphatic heterocycles. The number of nitrogens with one attached hydrogen (secondary N) is 1. The lowest BCUT2D eigenvalue weighted by Crippen LogP contribution is -2.36.